The predicted octanol–water partition coefficient (Wildman–Crippen LogP) is 5.85. The van der Waals surface area contributed by atoms with Crippen LogP contribution in [0.2, 0.25) is 0 Å². The maximum atomic E-state index is 4.88. The number of thiophene rings is 1. The van der Waals surface area contributed by atoms with Crippen molar-refractivity contribution in [2.75, 3.05) is 0 Å². The van der Waals surface area contributed by atoms with E-state index in [1.807, 2.05) is 35.6 Å². The number of benzene rings is 3. The standard InChI is InChI=1S/C23H14N4S/c1-2-7-15(8-3-1)27-19-13-14-24-26-22(19)25-23(27)18-11-6-10-17-16-9-4-5-12-20(16)28-21(17)18/h1-14H. The van der Waals surface area contributed by atoms with E-state index in [4.69, 9.17) is 4.98 Å². The average molecular weight is 378 g/mol. The maximum absolute atomic E-state index is 4.88. The van der Waals surface area contributed by atoms with Crippen LogP contribution >= 0.6 is 11.3 Å². The normalized spacial score (nSPS) is 11.6. The zero-order valence-corrected chi connectivity index (χ0v) is 15.6. The Morgan fingerprint density at radius 1 is 0.750 bits per heavy atom. The van der Waals surface area contributed by atoms with Crippen LogP contribution in [0, 0.1) is 0 Å². The van der Waals surface area contributed by atoms with Crippen LogP contribution in [-0.2, 0) is 0 Å². The lowest BCUT2D eigenvalue weighted by Gasteiger charge is -2.10. The third kappa shape index (κ3) is 2.20. The Bertz CT molecular complexity index is 1460. The topological polar surface area (TPSA) is 43.6 Å². The number of aromatic nitrogens is 4. The van der Waals surface area contributed by atoms with E-state index >= 15 is 0 Å². The average Bonchev–Trinajstić information content (AvgIpc) is 3.33. The highest BCUT2D eigenvalue weighted by Crippen LogP contribution is 2.40. The van der Waals surface area contributed by atoms with Gasteiger partial charge in [-0.1, -0.05) is 48.5 Å². The van der Waals surface area contributed by atoms with Crippen LogP contribution in [0.5, 0.6) is 0 Å². The fraction of sp³-hybridized carbons (Fsp3) is 0. The van der Waals surface area contributed by atoms with Crippen LogP contribution in [0.3, 0.4) is 0 Å². The Morgan fingerprint density at radius 2 is 1.57 bits per heavy atom. The van der Waals surface area contributed by atoms with Crippen molar-refractivity contribution in [1.82, 2.24) is 19.7 Å². The molecular formula is C23H14N4S. The first-order valence-corrected chi connectivity index (χ1v) is 9.88. The molecule has 0 saturated carbocycles. The lowest BCUT2D eigenvalue weighted by molar-refractivity contribution is 1.06. The summed E-state index contributed by atoms with van der Waals surface area (Å²) in [4.78, 5) is 4.88. The summed E-state index contributed by atoms with van der Waals surface area (Å²) in [6, 6.07) is 27.2. The first-order chi connectivity index (χ1) is 13.9. The molecular weight excluding hydrogens is 364 g/mol. The first kappa shape index (κ1) is 15.5. The molecule has 0 unspecified atom stereocenters. The molecule has 4 nitrogen and oxygen atoms in total. The SMILES string of the molecule is c1ccc(-n2c(-c3cccc4c3sc3ccccc34)nc3nnccc32)cc1. The van der Waals surface area contributed by atoms with E-state index < -0.39 is 0 Å². The Morgan fingerprint density at radius 3 is 2.50 bits per heavy atom. The smallest absolute Gasteiger partial charge is 0.200 e. The molecule has 5 heteroatoms. The third-order valence-corrected chi connectivity index (χ3v) is 6.22. The van der Waals surface area contributed by atoms with Gasteiger partial charge in [-0.15, -0.1) is 16.4 Å². The van der Waals surface area contributed by atoms with Crippen molar-refractivity contribution in [3.8, 4) is 17.1 Å². The first-order valence-electron chi connectivity index (χ1n) is 9.06. The summed E-state index contributed by atoms with van der Waals surface area (Å²) in [7, 11) is 0. The van der Waals surface area contributed by atoms with Gasteiger partial charge in [-0.25, -0.2) is 4.98 Å². The lowest BCUT2D eigenvalue weighted by Crippen LogP contribution is -1.97. The largest absolute Gasteiger partial charge is 0.290 e. The van der Waals surface area contributed by atoms with Crippen LogP contribution in [0.25, 0.3) is 48.4 Å². The van der Waals surface area contributed by atoms with E-state index in [2.05, 4.69) is 69.4 Å². The van der Waals surface area contributed by atoms with Crippen LogP contribution in [0.1, 0.15) is 0 Å². The van der Waals surface area contributed by atoms with Crippen LogP contribution < -0.4 is 0 Å². The summed E-state index contributed by atoms with van der Waals surface area (Å²) in [5, 5.41) is 10.8. The van der Waals surface area contributed by atoms with Crippen molar-refractivity contribution in [3.05, 3.63) is 85.1 Å². The third-order valence-electron chi connectivity index (χ3n) is 5.00. The summed E-state index contributed by atoms with van der Waals surface area (Å²) in [5.74, 6) is 0.888. The number of rotatable bonds is 2. The highest BCUT2D eigenvalue weighted by molar-refractivity contribution is 7.26. The summed E-state index contributed by atoms with van der Waals surface area (Å²) < 4.78 is 4.69. The van der Waals surface area contributed by atoms with Gasteiger partial charge < -0.3 is 0 Å². The summed E-state index contributed by atoms with van der Waals surface area (Å²) >= 11 is 1.81. The Labute approximate surface area is 164 Å². The second kappa shape index (κ2) is 5.97. The molecule has 0 bridgehead atoms. The minimum absolute atomic E-state index is 0.652. The summed E-state index contributed by atoms with van der Waals surface area (Å²) in [6.07, 6.45) is 1.72. The van der Waals surface area contributed by atoms with Crippen LogP contribution in [0.4, 0.5) is 0 Å². The molecule has 0 spiro atoms. The Hall–Kier alpha value is -3.57. The van der Waals surface area contributed by atoms with Crippen molar-refractivity contribution in [3.63, 3.8) is 0 Å². The van der Waals surface area contributed by atoms with Gasteiger partial charge in [-0.05, 0) is 30.3 Å². The van der Waals surface area contributed by atoms with Gasteiger partial charge in [0, 0.05) is 31.4 Å². The molecule has 6 aromatic rings. The molecule has 28 heavy (non-hydrogen) atoms. The van der Waals surface area contributed by atoms with E-state index in [0.717, 1.165) is 22.6 Å². The number of fused-ring (bicyclic) bond motifs is 4. The molecule has 3 heterocycles. The van der Waals surface area contributed by atoms with Gasteiger partial charge >= 0.3 is 0 Å². The summed E-state index contributed by atoms with van der Waals surface area (Å²) in [6.45, 7) is 0. The lowest BCUT2D eigenvalue weighted by atomic mass is 10.1. The minimum Gasteiger partial charge on any atom is -0.290 e. The fourth-order valence-electron chi connectivity index (χ4n) is 3.78. The van der Waals surface area contributed by atoms with Crippen molar-refractivity contribution >= 4 is 42.7 Å². The highest BCUT2D eigenvalue weighted by atomic mass is 32.1. The van der Waals surface area contributed by atoms with Crippen molar-refractivity contribution < 1.29 is 0 Å². The van der Waals surface area contributed by atoms with E-state index in [1.165, 1.54) is 20.2 Å². The molecule has 0 amide bonds. The van der Waals surface area contributed by atoms with Gasteiger partial charge in [0.1, 0.15) is 5.82 Å². The van der Waals surface area contributed by atoms with Crippen LogP contribution in [-0.4, -0.2) is 19.7 Å². The summed E-state index contributed by atoms with van der Waals surface area (Å²) in [5.41, 5.74) is 3.78. The molecule has 0 fully saturated rings. The van der Waals surface area contributed by atoms with Gasteiger partial charge in [0.25, 0.3) is 0 Å². The van der Waals surface area contributed by atoms with Gasteiger partial charge in [-0.3, -0.25) is 4.57 Å². The number of hydrogen-bond donors (Lipinski definition) is 0. The van der Waals surface area contributed by atoms with E-state index in [9.17, 15) is 0 Å². The molecule has 0 aliphatic carbocycles. The number of nitrogens with zero attached hydrogens (tertiary/aromatic N) is 4. The quantitative estimate of drug-likeness (QED) is 0.379. The highest BCUT2D eigenvalue weighted by Gasteiger charge is 2.18. The molecule has 132 valence electrons. The number of imidazole rings is 1. The van der Waals surface area contributed by atoms with E-state index in [-0.39, 0.29) is 0 Å². The Kier molecular flexibility index (Phi) is 3.30. The van der Waals surface area contributed by atoms with E-state index in [1.54, 1.807) is 6.20 Å². The van der Waals surface area contributed by atoms with E-state index in [0.29, 0.717) is 5.65 Å². The second-order valence-electron chi connectivity index (χ2n) is 6.63. The van der Waals surface area contributed by atoms with Crippen molar-refractivity contribution in [1.29, 1.82) is 0 Å². The molecule has 0 aliphatic rings. The molecule has 3 aromatic carbocycles. The van der Waals surface area contributed by atoms with Gasteiger partial charge in [-0.2, -0.15) is 5.10 Å². The van der Waals surface area contributed by atoms with Gasteiger partial charge in [0.05, 0.1) is 11.7 Å². The molecule has 0 saturated heterocycles. The molecule has 0 aliphatic heterocycles. The molecule has 0 N–H and O–H groups in total. The zero-order chi connectivity index (χ0) is 18.5. The molecule has 6 rings (SSSR count). The predicted molar refractivity (Wildman–Crippen MR) is 115 cm³/mol. The maximum Gasteiger partial charge on any atom is 0.200 e. The van der Waals surface area contributed by atoms with Crippen molar-refractivity contribution in [2.45, 2.75) is 0 Å². The number of hydrogen-bond acceptors (Lipinski definition) is 4. The molecule has 0 radical (unpaired) electrons. The van der Waals surface area contributed by atoms with Gasteiger partial charge in [0.15, 0.2) is 0 Å². The fourth-order valence-corrected chi connectivity index (χ4v) is 4.99. The second-order valence-corrected chi connectivity index (χ2v) is 7.68. The molecule has 3 aromatic heterocycles. The molecule has 0 atom stereocenters. The Balaban J connectivity index is 1.74. The number of para-hydroxylation sites is 1. The zero-order valence-electron chi connectivity index (χ0n) is 14.8. The monoisotopic (exact) mass is 378 g/mol. The van der Waals surface area contributed by atoms with Gasteiger partial charge in [0.2, 0.25) is 5.65 Å². The minimum atomic E-state index is 0.652. The van der Waals surface area contributed by atoms with Crippen LogP contribution in [0.15, 0.2) is 85.1 Å². The van der Waals surface area contributed by atoms with Crippen molar-refractivity contribution in [2.24, 2.45) is 0 Å².